The van der Waals surface area contributed by atoms with E-state index in [1.54, 1.807) is 0 Å². The molecule has 3 heteroatoms. The minimum Gasteiger partial charge on any atom is -0.375 e. The van der Waals surface area contributed by atoms with Crippen LogP contribution in [0.1, 0.15) is 47.0 Å². The van der Waals surface area contributed by atoms with Crippen molar-refractivity contribution in [3.8, 4) is 0 Å². The third-order valence-electron chi connectivity index (χ3n) is 3.33. The van der Waals surface area contributed by atoms with Gasteiger partial charge in [-0.3, -0.25) is 0 Å². The zero-order valence-corrected chi connectivity index (χ0v) is 11.9. The fourth-order valence-electron chi connectivity index (χ4n) is 2.35. The van der Waals surface area contributed by atoms with Gasteiger partial charge in [-0.2, -0.15) is 0 Å². The van der Waals surface area contributed by atoms with E-state index in [2.05, 4.69) is 33.0 Å². The average molecular weight is 243 g/mol. The Balaban J connectivity index is 2.16. The van der Waals surface area contributed by atoms with Crippen molar-refractivity contribution in [2.75, 3.05) is 19.8 Å². The first kappa shape index (κ1) is 14.9. The molecule has 3 unspecified atom stereocenters. The number of rotatable bonds is 9. The zero-order chi connectivity index (χ0) is 12.7. The van der Waals surface area contributed by atoms with Gasteiger partial charge in [-0.25, -0.2) is 0 Å². The number of hydrogen-bond acceptors (Lipinski definition) is 3. The van der Waals surface area contributed by atoms with Gasteiger partial charge in [0.05, 0.1) is 12.2 Å². The fraction of sp³-hybridized carbons (Fsp3) is 1.00. The third kappa shape index (κ3) is 4.94. The van der Waals surface area contributed by atoms with Crippen molar-refractivity contribution in [2.24, 2.45) is 5.92 Å². The molecule has 0 amide bonds. The second kappa shape index (κ2) is 8.06. The Morgan fingerprint density at radius 2 is 2.00 bits per heavy atom. The molecule has 102 valence electrons. The maximum absolute atomic E-state index is 5.91. The second-order valence-electron chi connectivity index (χ2n) is 5.27. The number of hydrogen-bond donors (Lipinski definition) is 1. The van der Waals surface area contributed by atoms with E-state index < -0.39 is 0 Å². The molecular weight excluding hydrogens is 214 g/mol. The first-order valence-corrected chi connectivity index (χ1v) is 7.15. The summed E-state index contributed by atoms with van der Waals surface area (Å²) in [5.41, 5.74) is 0. The van der Waals surface area contributed by atoms with Crippen molar-refractivity contribution in [1.82, 2.24) is 5.32 Å². The molecular formula is C14H29NO2. The Bertz CT molecular complexity index is 197. The molecule has 0 aromatic rings. The van der Waals surface area contributed by atoms with Gasteiger partial charge in [0.25, 0.3) is 0 Å². The highest BCUT2D eigenvalue weighted by molar-refractivity contribution is 4.97. The zero-order valence-electron chi connectivity index (χ0n) is 11.9. The first-order chi connectivity index (χ1) is 8.19. The van der Waals surface area contributed by atoms with Crippen molar-refractivity contribution in [3.63, 3.8) is 0 Å². The van der Waals surface area contributed by atoms with Crippen molar-refractivity contribution in [2.45, 2.75) is 65.2 Å². The van der Waals surface area contributed by atoms with Gasteiger partial charge in [0.1, 0.15) is 0 Å². The Kier molecular flexibility index (Phi) is 7.09. The van der Waals surface area contributed by atoms with Gasteiger partial charge >= 0.3 is 0 Å². The van der Waals surface area contributed by atoms with Crippen LogP contribution >= 0.6 is 0 Å². The van der Waals surface area contributed by atoms with Gasteiger partial charge in [-0.1, -0.05) is 20.8 Å². The largest absolute Gasteiger partial charge is 0.375 e. The molecule has 1 fully saturated rings. The predicted octanol–water partition coefficient (Wildman–Crippen LogP) is 2.59. The summed E-state index contributed by atoms with van der Waals surface area (Å²) in [4.78, 5) is 0. The van der Waals surface area contributed by atoms with E-state index in [0.717, 1.165) is 32.1 Å². The van der Waals surface area contributed by atoms with E-state index in [-0.39, 0.29) is 6.10 Å². The van der Waals surface area contributed by atoms with Gasteiger partial charge < -0.3 is 14.8 Å². The van der Waals surface area contributed by atoms with E-state index in [0.29, 0.717) is 12.1 Å². The lowest BCUT2D eigenvalue weighted by Crippen LogP contribution is -2.60. The molecule has 0 saturated heterocycles. The summed E-state index contributed by atoms with van der Waals surface area (Å²) in [6.45, 7) is 11.4. The van der Waals surface area contributed by atoms with Crippen molar-refractivity contribution < 1.29 is 9.47 Å². The highest BCUT2D eigenvalue weighted by Crippen LogP contribution is 2.27. The fourth-order valence-corrected chi connectivity index (χ4v) is 2.35. The Morgan fingerprint density at radius 1 is 1.24 bits per heavy atom. The summed E-state index contributed by atoms with van der Waals surface area (Å²) in [6, 6.07) is 0.495. The Morgan fingerprint density at radius 3 is 2.59 bits per heavy atom. The van der Waals surface area contributed by atoms with E-state index >= 15 is 0 Å². The molecule has 0 radical (unpaired) electrons. The lowest BCUT2D eigenvalue weighted by molar-refractivity contribution is -0.145. The predicted molar refractivity (Wildman–Crippen MR) is 71.3 cm³/mol. The highest BCUT2D eigenvalue weighted by atomic mass is 16.5. The van der Waals surface area contributed by atoms with Crippen LogP contribution in [0.5, 0.6) is 0 Å². The maximum atomic E-state index is 5.91. The molecule has 0 spiro atoms. The molecule has 1 aliphatic rings. The maximum Gasteiger partial charge on any atom is 0.0990 e. The second-order valence-corrected chi connectivity index (χ2v) is 5.27. The molecule has 3 atom stereocenters. The van der Waals surface area contributed by atoms with Gasteiger partial charge in [0, 0.05) is 19.3 Å². The van der Waals surface area contributed by atoms with Crippen molar-refractivity contribution in [1.29, 1.82) is 0 Å². The summed E-state index contributed by atoms with van der Waals surface area (Å²) in [6.07, 6.45) is 4.09. The van der Waals surface area contributed by atoms with Crippen LogP contribution in [0.4, 0.5) is 0 Å². The standard InChI is InChI=1S/C14H29NO2/c1-5-15-12-10-13(14(12)16-6-2)17-9-7-8-11(3)4/h11-15H,5-10H2,1-4H3. The van der Waals surface area contributed by atoms with E-state index in [1.165, 1.54) is 12.8 Å². The topological polar surface area (TPSA) is 30.5 Å². The average Bonchev–Trinajstić information content (AvgIpc) is 2.28. The molecule has 17 heavy (non-hydrogen) atoms. The molecule has 0 aliphatic heterocycles. The highest BCUT2D eigenvalue weighted by Gasteiger charge is 2.41. The van der Waals surface area contributed by atoms with Crippen LogP contribution in [0, 0.1) is 5.92 Å². The van der Waals surface area contributed by atoms with Gasteiger partial charge in [0.15, 0.2) is 0 Å². The molecule has 1 N–H and O–H groups in total. The molecule has 0 aromatic carbocycles. The molecule has 1 rings (SSSR count). The van der Waals surface area contributed by atoms with Crippen LogP contribution in [0.25, 0.3) is 0 Å². The summed E-state index contributed by atoms with van der Waals surface area (Å²) in [5.74, 6) is 0.775. The molecule has 1 saturated carbocycles. The Hall–Kier alpha value is -0.120. The van der Waals surface area contributed by atoms with Crippen LogP contribution < -0.4 is 5.32 Å². The van der Waals surface area contributed by atoms with E-state index in [9.17, 15) is 0 Å². The Labute approximate surface area is 106 Å². The van der Waals surface area contributed by atoms with Gasteiger partial charge in [-0.05, 0) is 38.6 Å². The summed E-state index contributed by atoms with van der Waals surface area (Å²) < 4.78 is 11.7. The van der Waals surface area contributed by atoms with Crippen molar-refractivity contribution in [3.05, 3.63) is 0 Å². The quantitative estimate of drug-likeness (QED) is 0.631. The third-order valence-corrected chi connectivity index (χ3v) is 3.33. The molecule has 3 nitrogen and oxygen atoms in total. The minimum atomic E-state index is 0.263. The summed E-state index contributed by atoms with van der Waals surface area (Å²) in [5, 5.41) is 3.45. The molecule has 0 heterocycles. The smallest absolute Gasteiger partial charge is 0.0990 e. The summed E-state index contributed by atoms with van der Waals surface area (Å²) in [7, 11) is 0. The minimum absolute atomic E-state index is 0.263. The van der Waals surface area contributed by atoms with Crippen LogP contribution in [0.2, 0.25) is 0 Å². The number of ether oxygens (including phenoxy) is 2. The van der Waals surface area contributed by atoms with Crippen LogP contribution in [-0.4, -0.2) is 38.0 Å². The normalized spacial score (nSPS) is 28.4. The molecule has 0 aromatic heterocycles. The molecule has 1 aliphatic carbocycles. The SMILES string of the molecule is CCNC1CC(OCCCC(C)C)C1OCC. The van der Waals surface area contributed by atoms with E-state index in [4.69, 9.17) is 9.47 Å². The van der Waals surface area contributed by atoms with Gasteiger partial charge in [0.2, 0.25) is 0 Å². The van der Waals surface area contributed by atoms with Crippen LogP contribution in [-0.2, 0) is 9.47 Å². The van der Waals surface area contributed by atoms with Gasteiger partial charge in [-0.15, -0.1) is 0 Å². The summed E-state index contributed by atoms with van der Waals surface area (Å²) >= 11 is 0. The monoisotopic (exact) mass is 243 g/mol. The van der Waals surface area contributed by atoms with Crippen molar-refractivity contribution >= 4 is 0 Å². The number of nitrogens with one attached hydrogen (secondary N) is 1. The first-order valence-electron chi connectivity index (χ1n) is 7.15. The van der Waals surface area contributed by atoms with Crippen LogP contribution in [0.3, 0.4) is 0 Å². The van der Waals surface area contributed by atoms with Crippen LogP contribution in [0.15, 0.2) is 0 Å². The van der Waals surface area contributed by atoms with E-state index in [1.807, 2.05) is 0 Å². The number of likely N-dealkylation sites (N-methyl/N-ethyl adjacent to an activating group) is 1. The lowest BCUT2D eigenvalue weighted by atomic mass is 9.85. The lowest BCUT2D eigenvalue weighted by Gasteiger charge is -2.44. The molecule has 0 bridgehead atoms.